The lowest BCUT2D eigenvalue weighted by molar-refractivity contribution is 0.102. The van der Waals surface area contributed by atoms with Crippen molar-refractivity contribution in [3.8, 4) is 6.07 Å². The molecule has 0 aromatic carbocycles. The Labute approximate surface area is 185 Å². The van der Waals surface area contributed by atoms with E-state index in [1.807, 2.05) is 6.07 Å². The first-order chi connectivity index (χ1) is 15.3. The fourth-order valence-corrected chi connectivity index (χ4v) is 5.31. The van der Waals surface area contributed by atoms with Crippen molar-refractivity contribution in [1.29, 1.82) is 5.26 Å². The Morgan fingerprint density at radius 1 is 1.44 bits per heavy atom. The number of nitrogens with zero attached hydrogens (tertiary/aromatic N) is 6. The number of aryl methyl sites for hydroxylation is 1. The van der Waals surface area contributed by atoms with E-state index in [0.29, 0.717) is 24.2 Å². The van der Waals surface area contributed by atoms with Crippen LogP contribution in [0.1, 0.15) is 40.2 Å². The molecule has 1 atom stereocenters. The number of carbonyl (C=O) groups excluding carboxylic acids is 1. The third-order valence-electron chi connectivity index (χ3n) is 4.80. The van der Waals surface area contributed by atoms with Gasteiger partial charge in [0, 0.05) is 19.8 Å². The number of anilines is 1. The van der Waals surface area contributed by atoms with Crippen LogP contribution in [0.3, 0.4) is 0 Å². The maximum absolute atomic E-state index is 14.5. The summed E-state index contributed by atoms with van der Waals surface area (Å²) in [6.07, 6.45) is 2.74. The second-order valence-corrected chi connectivity index (χ2v) is 9.28. The number of nitriles is 1. The van der Waals surface area contributed by atoms with Gasteiger partial charge in [0.15, 0.2) is 0 Å². The standard InChI is InChI=1S/C20H23FN8O2S/c1-13-9-14(10-22)11-25-18(13)19(30)28-17-6-5-15(21)16(27-17)12-32(31)26-7-3-4-8-29(32)20(23)24-2/h5-6,9,11H,3-4,7-8,12H2,1-2H3,(H2,23,24)(H,27,28,30). The minimum absolute atomic E-state index is 0.0629. The zero-order valence-corrected chi connectivity index (χ0v) is 18.5. The normalized spacial score (nSPS) is 18.9. The van der Waals surface area contributed by atoms with Crippen LogP contribution >= 0.6 is 0 Å². The number of nitrogens with one attached hydrogen (secondary N) is 1. The molecule has 3 rings (SSSR count). The van der Waals surface area contributed by atoms with Crippen molar-refractivity contribution in [2.45, 2.75) is 25.5 Å². The van der Waals surface area contributed by atoms with Crippen LogP contribution in [0.25, 0.3) is 0 Å². The molecule has 0 spiro atoms. The number of rotatable bonds is 4. The lowest BCUT2D eigenvalue weighted by Gasteiger charge is -2.25. The minimum atomic E-state index is -3.12. The summed E-state index contributed by atoms with van der Waals surface area (Å²) >= 11 is 0. The van der Waals surface area contributed by atoms with Crippen molar-refractivity contribution >= 4 is 27.6 Å². The summed E-state index contributed by atoms with van der Waals surface area (Å²) < 4.78 is 33.8. The molecule has 1 aliphatic heterocycles. The largest absolute Gasteiger partial charge is 0.369 e. The Morgan fingerprint density at radius 2 is 2.22 bits per heavy atom. The highest BCUT2D eigenvalue weighted by Gasteiger charge is 2.26. The van der Waals surface area contributed by atoms with Gasteiger partial charge in [0.05, 0.1) is 23.6 Å². The molecule has 0 saturated heterocycles. The molecule has 12 heteroatoms. The first-order valence-corrected chi connectivity index (χ1v) is 11.5. The molecule has 1 amide bonds. The van der Waals surface area contributed by atoms with Crippen molar-refractivity contribution in [3.05, 3.63) is 52.7 Å². The highest BCUT2D eigenvalue weighted by atomic mass is 32.2. The van der Waals surface area contributed by atoms with Gasteiger partial charge in [0.1, 0.15) is 33.3 Å². The highest BCUT2D eigenvalue weighted by Crippen LogP contribution is 2.20. The number of pyridine rings is 2. The van der Waals surface area contributed by atoms with Gasteiger partial charge in [-0.25, -0.2) is 22.9 Å². The van der Waals surface area contributed by atoms with Gasteiger partial charge in [-0.05, 0) is 43.5 Å². The van der Waals surface area contributed by atoms with Gasteiger partial charge < -0.3 is 11.1 Å². The molecule has 0 saturated carbocycles. The minimum Gasteiger partial charge on any atom is -0.369 e. The zero-order valence-electron chi connectivity index (χ0n) is 17.7. The summed E-state index contributed by atoms with van der Waals surface area (Å²) in [6, 6.07) is 5.93. The molecular weight excluding hydrogens is 435 g/mol. The smallest absolute Gasteiger partial charge is 0.275 e. The second kappa shape index (κ2) is 9.69. The molecular formula is C20H23FN8O2S. The fourth-order valence-electron chi connectivity index (χ4n) is 3.16. The molecule has 2 aromatic heterocycles. The highest BCUT2D eigenvalue weighted by molar-refractivity contribution is 7.91. The first-order valence-electron chi connectivity index (χ1n) is 9.81. The van der Waals surface area contributed by atoms with Crippen molar-refractivity contribution in [1.82, 2.24) is 14.3 Å². The Balaban J connectivity index is 1.89. The molecule has 32 heavy (non-hydrogen) atoms. The van der Waals surface area contributed by atoms with Gasteiger partial charge in [-0.2, -0.15) is 5.26 Å². The summed E-state index contributed by atoms with van der Waals surface area (Å²) in [7, 11) is -1.64. The number of hydrogen-bond acceptors (Lipinski definition) is 7. The van der Waals surface area contributed by atoms with Gasteiger partial charge in [-0.3, -0.25) is 14.1 Å². The van der Waals surface area contributed by atoms with Crippen LogP contribution in [-0.2, 0) is 15.7 Å². The van der Waals surface area contributed by atoms with E-state index >= 15 is 0 Å². The quantitative estimate of drug-likeness (QED) is 0.528. The molecule has 0 aliphatic carbocycles. The van der Waals surface area contributed by atoms with Gasteiger partial charge in [-0.1, -0.05) is 0 Å². The first kappa shape index (κ1) is 23.1. The molecule has 1 unspecified atom stereocenters. The number of amides is 1. The van der Waals surface area contributed by atoms with E-state index < -0.39 is 21.6 Å². The summed E-state index contributed by atoms with van der Waals surface area (Å²) in [6.45, 7) is 2.39. The summed E-state index contributed by atoms with van der Waals surface area (Å²) in [4.78, 5) is 24.7. The number of aliphatic imine (C=N–C) groups is 1. The maximum Gasteiger partial charge on any atom is 0.275 e. The van der Waals surface area contributed by atoms with Crippen molar-refractivity contribution in [3.63, 3.8) is 0 Å². The van der Waals surface area contributed by atoms with Crippen molar-refractivity contribution in [2.24, 2.45) is 15.1 Å². The average Bonchev–Trinajstić information content (AvgIpc) is 2.96. The van der Waals surface area contributed by atoms with Gasteiger partial charge in [-0.15, -0.1) is 0 Å². The number of hydrogen-bond donors (Lipinski definition) is 2. The van der Waals surface area contributed by atoms with Crippen molar-refractivity contribution < 1.29 is 13.4 Å². The third-order valence-corrected chi connectivity index (χ3v) is 7.09. The van der Waals surface area contributed by atoms with E-state index in [1.54, 1.807) is 6.92 Å². The number of aromatic nitrogens is 2. The molecule has 0 radical (unpaired) electrons. The van der Waals surface area contributed by atoms with E-state index in [4.69, 9.17) is 11.0 Å². The molecule has 3 heterocycles. The molecule has 10 nitrogen and oxygen atoms in total. The maximum atomic E-state index is 14.5. The molecule has 168 valence electrons. The molecule has 0 bridgehead atoms. The van der Waals surface area contributed by atoms with Crippen LogP contribution in [0.2, 0.25) is 0 Å². The Hall–Kier alpha value is -3.59. The number of guanidine groups is 1. The lowest BCUT2D eigenvalue weighted by Crippen LogP contribution is -2.42. The molecule has 0 fully saturated rings. The second-order valence-electron chi connectivity index (χ2n) is 7.08. The summed E-state index contributed by atoms with van der Waals surface area (Å²) in [5.74, 6) is -1.42. The fraction of sp³-hybridized carbons (Fsp3) is 0.350. The Bertz CT molecular complexity index is 1230. The topological polar surface area (TPSA) is 150 Å². The van der Waals surface area contributed by atoms with Crippen LogP contribution in [0, 0.1) is 24.1 Å². The van der Waals surface area contributed by atoms with E-state index in [9.17, 15) is 13.4 Å². The number of halogens is 1. The Morgan fingerprint density at radius 3 is 2.91 bits per heavy atom. The van der Waals surface area contributed by atoms with Gasteiger partial charge in [0.2, 0.25) is 5.96 Å². The number of nitrogens with two attached hydrogens (primary N) is 1. The SMILES string of the molecule is CN=C(N)N1CCCCN=S1(=O)Cc1nc(NC(=O)c2ncc(C#N)cc2C)ccc1F. The van der Waals surface area contributed by atoms with E-state index in [-0.39, 0.29) is 28.9 Å². The molecule has 2 aromatic rings. The average molecular weight is 459 g/mol. The Kier molecular flexibility index (Phi) is 6.99. The van der Waals surface area contributed by atoms with E-state index in [2.05, 4.69) is 24.6 Å². The number of carbonyl (C=O) groups is 1. The van der Waals surface area contributed by atoms with Crippen LogP contribution in [0.4, 0.5) is 10.2 Å². The predicted molar refractivity (Wildman–Crippen MR) is 118 cm³/mol. The van der Waals surface area contributed by atoms with Gasteiger partial charge in [0.25, 0.3) is 5.91 Å². The van der Waals surface area contributed by atoms with Crippen LogP contribution in [0.15, 0.2) is 33.8 Å². The van der Waals surface area contributed by atoms with Crippen molar-refractivity contribution in [2.75, 3.05) is 25.5 Å². The zero-order chi connectivity index (χ0) is 23.3. The van der Waals surface area contributed by atoms with Crippen LogP contribution < -0.4 is 11.1 Å². The van der Waals surface area contributed by atoms with E-state index in [0.717, 1.165) is 18.9 Å². The van der Waals surface area contributed by atoms with E-state index in [1.165, 1.54) is 29.7 Å². The predicted octanol–water partition coefficient (Wildman–Crippen LogP) is 1.97. The van der Waals surface area contributed by atoms with Gasteiger partial charge >= 0.3 is 0 Å². The summed E-state index contributed by atoms with van der Waals surface area (Å²) in [5, 5.41) is 11.5. The lowest BCUT2D eigenvalue weighted by atomic mass is 10.1. The third kappa shape index (κ3) is 5.00. The molecule has 1 aliphatic rings. The monoisotopic (exact) mass is 458 g/mol. The van der Waals surface area contributed by atoms with Crippen LogP contribution in [-0.4, -0.2) is 50.5 Å². The molecule has 3 N–H and O–H groups in total. The van der Waals surface area contributed by atoms with Crippen LogP contribution in [0.5, 0.6) is 0 Å². The summed E-state index contributed by atoms with van der Waals surface area (Å²) in [5.41, 5.74) is 6.75.